The molecule has 2 aromatic heterocycles. The highest BCUT2D eigenvalue weighted by atomic mass is 35.5. The van der Waals surface area contributed by atoms with E-state index in [0.29, 0.717) is 0 Å². The van der Waals surface area contributed by atoms with E-state index in [0.717, 1.165) is 52.4 Å². The fourth-order valence-corrected chi connectivity index (χ4v) is 3.94. The van der Waals surface area contributed by atoms with Gasteiger partial charge in [-0.3, -0.25) is 0 Å². The molecule has 1 atom stereocenters. The van der Waals surface area contributed by atoms with Crippen molar-refractivity contribution in [2.75, 3.05) is 6.54 Å². The number of nitrogens with zero attached hydrogens (tertiary/aromatic N) is 2. The minimum absolute atomic E-state index is 0.152. The van der Waals surface area contributed by atoms with E-state index in [1.807, 2.05) is 18.5 Å². The third-order valence-corrected chi connectivity index (χ3v) is 4.87. The monoisotopic (exact) mass is 345 g/mol. The first-order valence-corrected chi connectivity index (χ1v) is 8.91. The van der Waals surface area contributed by atoms with Crippen LogP contribution in [0.25, 0.3) is 0 Å². The minimum atomic E-state index is 0.152. The largest absolute Gasteiger partial charge is 0.335 e. The van der Waals surface area contributed by atoms with Crippen LogP contribution in [0.1, 0.15) is 44.1 Å². The van der Waals surface area contributed by atoms with Gasteiger partial charge in [-0.1, -0.05) is 37.0 Å². The molecular formula is C15H21Cl2N3S. The topological polar surface area (TPSA) is 29.9 Å². The van der Waals surface area contributed by atoms with Crippen molar-refractivity contribution in [3.8, 4) is 0 Å². The van der Waals surface area contributed by atoms with E-state index in [2.05, 4.69) is 28.7 Å². The van der Waals surface area contributed by atoms with Crippen molar-refractivity contribution < 1.29 is 0 Å². The summed E-state index contributed by atoms with van der Waals surface area (Å²) in [5.74, 6) is 1.09. The van der Waals surface area contributed by atoms with Crippen LogP contribution in [-0.4, -0.2) is 16.1 Å². The van der Waals surface area contributed by atoms with Gasteiger partial charge in [0.2, 0.25) is 0 Å². The Balaban J connectivity index is 2.20. The van der Waals surface area contributed by atoms with Crippen LogP contribution in [0.4, 0.5) is 0 Å². The van der Waals surface area contributed by atoms with Crippen molar-refractivity contribution in [2.45, 2.75) is 45.7 Å². The summed E-state index contributed by atoms with van der Waals surface area (Å²) in [6.45, 7) is 6.27. The Morgan fingerprint density at radius 3 is 2.76 bits per heavy atom. The van der Waals surface area contributed by atoms with Gasteiger partial charge in [-0.15, -0.1) is 11.3 Å². The third kappa shape index (κ3) is 4.46. The van der Waals surface area contributed by atoms with E-state index in [1.165, 1.54) is 11.3 Å². The number of hydrogen-bond acceptors (Lipinski definition) is 3. The summed E-state index contributed by atoms with van der Waals surface area (Å²) >= 11 is 13.8. The maximum Gasteiger partial charge on any atom is 0.110 e. The van der Waals surface area contributed by atoms with E-state index in [4.69, 9.17) is 23.2 Å². The predicted octanol–water partition coefficient (Wildman–Crippen LogP) is 4.94. The number of halogens is 2. The molecule has 6 heteroatoms. The Morgan fingerprint density at radius 1 is 1.33 bits per heavy atom. The Morgan fingerprint density at radius 2 is 2.14 bits per heavy atom. The minimum Gasteiger partial charge on any atom is -0.335 e. The molecule has 0 aliphatic carbocycles. The van der Waals surface area contributed by atoms with E-state index in [9.17, 15) is 0 Å². The highest BCUT2D eigenvalue weighted by Gasteiger charge is 2.19. The molecule has 0 radical (unpaired) electrons. The van der Waals surface area contributed by atoms with Crippen LogP contribution >= 0.6 is 34.5 Å². The Kier molecular flexibility index (Phi) is 6.55. The average molecular weight is 346 g/mol. The summed E-state index contributed by atoms with van der Waals surface area (Å²) in [4.78, 5) is 4.49. The maximum absolute atomic E-state index is 6.33. The molecule has 0 aliphatic heterocycles. The molecule has 21 heavy (non-hydrogen) atoms. The van der Waals surface area contributed by atoms with Gasteiger partial charge < -0.3 is 9.88 Å². The number of hydrogen-bond donors (Lipinski definition) is 1. The van der Waals surface area contributed by atoms with E-state index in [-0.39, 0.29) is 6.04 Å². The summed E-state index contributed by atoms with van der Waals surface area (Å²) in [5, 5.41) is 3.56. The van der Waals surface area contributed by atoms with Gasteiger partial charge in [0.1, 0.15) is 5.82 Å². The number of rotatable bonds is 8. The molecule has 2 rings (SSSR count). The Bertz CT molecular complexity index is 565. The molecule has 2 heterocycles. The maximum atomic E-state index is 6.33. The van der Waals surface area contributed by atoms with Crippen LogP contribution in [-0.2, 0) is 13.0 Å². The Hall–Kier alpha value is -0.550. The van der Waals surface area contributed by atoms with Crippen molar-refractivity contribution in [3.63, 3.8) is 0 Å². The van der Waals surface area contributed by atoms with E-state index in [1.54, 1.807) is 0 Å². The van der Waals surface area contributed by atoms with Crippen molar-refractivity contribution in [2.24, 2.45) is 0 Å². The van der Waals surface area contributed by atoms with Crippen molar-refractivity contribution in [1.82, 2.24) is 14.9 Å². The zero-order chi connectivity index (χ0) is 15.2. The van der Waals surface area contributed by atoms with Gasteiger partial charge >= 0.3 is 0 Å². The van der Waals surface area contributed by atoms with Crippen LogP contribution in [0.3, 0.4) is 0 Å². The fraction of sp³-hybridized carbons (Fsp3) is 0.533. The fourth-order valence-electron chi connectivity index (χ4n) is 2.36. The lowest BCUT2D eigenvalue weighted by atomic mass is 10.1. The molecule has 2 aromatic rings. The van der Waals surface area contributed by atoms with Crippen molar-refractivity contribution >= 4 is 34.5 Å². The van der Waals surface area contributed by atoms with Crippen LogP contribution < -0.4 is 5.32 Å². The van der Waals surface area contributed by atoms with Crippen molar-refractivity contribution in [3.05, 3.63) is 38.5 Å². The molecular weight excluding hydrogens is 325 g/mol. The standard InChI is InChI=1S/C15H21Cl2N3S/c1-3-5-18-12(11-9-13(16)21-15(11)17)10-14-19-6-8-20(14)7-4-2/h6,8-9,12,18H,3-5,7,10H2,1-2H3. The summed E-state index contributed by atoms with van der Waals surface area (Å²) in [6.07, 6.45) is 6.90. The Labute approximate surface area is 140 Å². The van der Waals surface area contributed by atoms with Gasteiger partial charge in [-0.25, -0.2) is 4.98 Å². The van der Waals surface area contributed by atoms with Gasteiger partial charge in [-0.2, -0.15) is 0 Å². The molecule has 3 nitrogen and oxygen atoms in total. The summed E-state index contributed by atoms with van der Waals surface area (Å²) in [5.41, 5.74) is 1.08. The van der Waals surface area contributed by atoms with Crippen LogP contribution in [0.2, 0.25) is 8.67 Å². The lowest BCUT2D eigenvalue weighted by Crippen LogP contribution is -2.25. The van der Waals surface area contributed by atoms with E-state index < -0.39 is 0 Å². The third-order valence-electron chi connectivity index (χ3n) is 3.35. The van der Waals surface area contributed by atoms with Crippen LogP contribution in [0.15, 0.2) is 18.5 Å². The van der Waals surface area contributed by atoms with Gasteiger partial charge in [-0.05, 0) is 25.5 Å². The first kappa shape index (κ1) is 16.8. The molecule has 1 N–H and O–H groups in total. The molecule has 0 spiro atoms. The molecule has 0 aliphatic rings. The van der Waals surface area contributed by atoms with Gasteiger partial charge in [0.05, 0.1) is 8.67 Å². The second-order valence-corrected chi connectivity index (χ2v) is 7.31. The van der Waals surface area contributed by atoms with Gasteiger partial charge in [0.25, 0.3) is 0 Å². The predicted molar refractivity (Wildman–Crippen MR) is 91.6 cm³/mol. The molecule has 0 saturated carbocycles. The number of aromatic nitrogens is 2. The lowest BCUT2D eigenvalue weighted by molar-refractivity contribution is 0.503. The SMILES string of the molecule is CCCNC(Cc1nccn1CCC)c1cc(Cl)sc1Cl. The first-order valence-electron chi connectivity index (χ1n) is 7.33. The zero-order valence-corrected chi connectivity index (χ0v) is 14.7. The molecule has 0 amide bonds. The number of nitrogens with one attached hydrogen (secondary N) is 1. The molecule has 0 bridgehead atoms. The quantitative estimate of drug-likeness (QED) is 0.733. The van der Waals surface area contributed by atoms with Gasteiger partial charge in [0, 0.05) is 37.0 Å². The molecule has 116 valence electrons. The number of imidazole rings is 1. The highest BCUT2D eigenvalue weighted by Crippen LogP contribution is 2.36. The summed E-state index contributed by atoms with van der Waals surface area (Å²) in [7, 11) is 0. The summed E-state index contributed by atoms with van der Waals surface area (Å²) in [6, 6.07) is 2.12. The van der Waals surface area contributed by atoms with Gasteiger partial charge in [0.15, 0.2) is 0 Å². The van der Waals surface area contributed by atoms with E-state index >= 15 is 0 Å². The normalized spacial score (nSPS) is 12.8. The number of thiophene rings is 1. The second kappa shape index (κ2) is 8.18. The zero-order valence-electron chi connectivity index (χ0n) is 12.4. The second-order valence-electron chi connectivity index (χ2n) is 5.03. The first-order chi connectivity index (χ1) is 10.2. The molecule has 1 unspecified atom stereocenters. The highest BCUT2D eigenvalue weighted by molar-refractivity contribution is 7.20. The molecule has 0 aromatic carbocycles. The molecule has 0 saturated heterocycles. The average Bonchev–Trinajstić information content (AvgIpc) is 3.02. The van der Waals surface area contributed by atoms with Crippen molar-refractivity contribution in [1.29, 1.82) is 0 Å². The van der Waals surface area contributed by atoms with Crippen LogP contribution in [0, 0.1) is 0 Å². The smallest absolute Gasteiger partial charge is 0.110 e. The lowest BCUT2D eigenvalue weighted by Gasteiger charge is -2.18. The number of aryl methyl sites for hydroxylation is 1. The molecule has 0 fully saturated rings. The summed E-state index contributed by atoms with van der Waals surface area (Å²) < 4.78 is 3.71. The van der Waals surface area contributed by atoms with Crippen LogP contribution in [0.5, 0.6) is 0 Å².